The van der Waals surface area contributed by atoms with Gasteiger partial charge in [0.1, 0.15) is 0 Å². The molecule has 0 bridgehead atoms. The molecule has 6 aliphatic rings. The third-order valence-electron chi connectivity index (χ3n) is 17.6. The number of carbonyl (C=O) groups is 6. The van der Waals surface area contributed by atoms with Gasteiger partial charge in [0.15, 0.2) is 80.5 Å². The summed E-state index contributed by atoms with van der Waals surface area (Å²) in [6.45, 7) is 77.8. The predicted octanol–water partition coefficient (Wildman–Crippen LogP) is 28.2. The Balaban J connectivity index is 0.000000203. The Hall–Kier alpha value is -9.52. The van der Waals surface area contributed by atoms with E-state index in [1.54, 1.807) is 78.9 Å². The third-order valence-corrected chi connectivity index (χ3v) is 23.6. The van der Waals surface area contributed by atoms with Gasteiger partial charge in [-0.05, 0) is 282 Å². The summed E-state index contributed by atoms with van der Waals surface area (Å²) in [6.07, 6.45) is 0. The normalized spacial score (nSPS) is 16.4. The first-order chi connectivity index (χ1) is 50.2. The lowest BCUT2D eigenvalue weighted by Gasteiger charge is -2.06. The number of hydrogen-bond donors (Lipinski definition) is 0. The number of allylic oxidation sites excluding steroid dienone is 24. The van der Waals surface area contributed by atoms with E-state index in [0.29, 0.717) is 105 Å². The fraction of sp³-hybridized carbons (Fsp3) is 0.233. The summed E-state index contributed by atoms with van der Waals surface area (Å²) in [5.74, 6) is -2.34. The van der Waals surface area contributed by atoms with E-state index < -0.39 is 11.6 Å². The van der Waals surface area contributed by atoms with Gasteiger partial charge in [0, 0.05) is 102 Å². The average Bonchev–Trinajstić information content (AvgIpc) is 1.63. The molecule has 0 unspecified atom stereocenters. The van der Waals surface area contributed by atoms with Gasteiger partial charge < -0.3 is 0 Å². The molecule has 3 aromatic heterocycles. The molecule has 3 heterocycles. The van der Waals surface area contributed by atoms with Crippen LogP contribution in [0.5, 0.6) is 0 Å². The van der Waals surface area contributed by atoms with Crippen LogP contribution in [0.2, 0.25) is 10.0 Å². The predicted molar refractivity (Wildman–Crippen MR) is 448 cm³/mol. The van der Waals surface area contributed by atoms with Gasteiger partial charge >= 0.3 is 0 Å². The van der Waals surface area contributed by atoms with Crippen LogP contribution in [-0.4, -0.2) is 34.7 Å². The molecule has 0 N–H and O–H groups in total. The summed E-state index contributed by atoms with van der Waals surface area (Å²) >= 11 is 26.9. The maximum atomic E-state index is 13.4. The molecule has 6 aliphatic carbocycles. The average molecular weight is 1730 g/mol. The van der Waals surface area contributed by atoms with Gasteiger partial charge in [0.25, 0.3) is 0 Å². The number of aryl methyl sites for hydroxylation is 1. The van der Waals surface area contributed by atoms with Crippen molar-refractivity contribution in [2.24, 2.45) is 0 Å². The Morgan fingerprint density at radius 3 is 0.954 bits per heavy atom. The number of carbonyl (C=O) groups excluding carboxylic acids is 6. The minimum atomic E-state index is -1.05. The first-order valence-corrected chi connectivity index (χ1v) is 38.3. The van der Waals surface area contributed by atoms with Crippen LogP contribution in [0.15, 0.2) is 172 Å². The lowest BCUT2D eigenvalue weighted by Crippen LogP contribution is -1.98. The van der Waals surface area contributed by atoms with E-state index in [4.69, 9.17) is 62.6 Å². The van der Waals surface area contributed by atoms with Crippen molar-refractivity contribution < 1.29 is 37.5 Å². The minimum Gasteiger partial charge on any atom is -0.289 e. The number of halogens is 7. The first kappa shape index (κ1) is 87.4. The van der Waals surface area contributed by atoms with Crippen LogP contribution < -0.4 is 0 Å². The lowest BCUT2D eigenvalue weighted by atomic mass is 9.99. The van der Waals surface area contributed by atoms with Crippen LogP contribution in [0.1, 0.15) is 232 Å². The van der Waals surface area contributed by atoms with E-state index in [-0.39, 0.29) is 47.7 Å². The molecule has 548 valence electrons. The minimum absolute atomic E-state index is 0. The van der Waals surface area contributed by atoms with Crippen LogP contribution in [0.25, 0.3) is 62.5 Å². The zero-order valence-corrected chi connectivity index (χ0v) is 70.5. The van der Waals surface area contributed by atoms with Crippen molar-refractivity contribution in [2.75, 3.05) is 0 Å². The highest BCUT2D eigenvalue weighted by atomic mass is 79.9. The van der Waals surface area contributed by atoms with E-state index in [1.807, 2.05) is 110 Å². The molecule has 0 saturated carbocycles. The summed E-state index contributed by atoms with van der Waals surface area (Å²) in [4.78, 5) is 95.7. The molecule has 3 aromatic carbocycles. The SMILES string of the molecule is C.[C-]#[N+]/C(C)=C1/C(=C(C)C)C(=O)c2cc(Br)c(Br)cc21.[C-]#[N+]/C(C)=C1/C(=C(C)C)C(=O)c2cc(Cl)c(Cl)cc21.[C-]#[N+]/C(C)=C1/C(=C(C)C)C(=O)c2cc(F)c(F)cc21.[C-]#[N+]/C(C)=C1/C(=C(C)C)C(=O)c2csc(Br)c21.[C-]#[N+]/C(C)=C1/C(=C(C)C)C(=O)c2csc(C)c21.[C-]#[N+]/C(C)=C1/C(=C(C)C)C(=O)c2cscc21. The molecule has 0 atom stereocenters. The van der Waals surface area contributed by atoms with E-state index in [9.17, 15) is 37.5 Å². The van der Waals surface area contributed by atoms with E-state index in [1.165, 1.54) is 22.7 Å². The molecule has 22 heteroatoms. The van der Waals surface area contributed by atoms with Gasteiger partial charge in [-0.15, -0.1) is 22.7 Å². The number of hydrogen-bond acceptors (Lipinski definition) is 9. The third kappa shape index (κ3) is 16.6. The van der Waals surface area contributed by atoms with Crippen molar-refractivity contribution in [3.05, 3.63) is 334 Å². The fourth-order valence-electron chi connectivity index (χ4n) is 12.9. The number of fused-ring (bicyclic) bond motifs is 6. The van der Waals surface area contributed by atoms with Crippen LogP contribution >= 0.6 is 105 Å². The largest absolute Gasteiger partial charge is 0.289 e. The summed E-state index contributed by atoms with van der Waals surface area (Å²) in [5, 5.41) is 8.31. The van der Waals surface area contributed by atoms with Gasteiger partial charge in [-0.2, -0.15) is 11.3 Å². The van der Waals surface area contributed by atoms with Gasteiger partial charge in [0.05, 0.1) is 53.3 Å². The highest BCUT2D eigenvalue weighted by Crippen LogP contribution is 2.51. The van der Waals surface area contributed by atoms with Crippen molar-refractivity contribution in [2.45, 2.75) is 139 Å². The molecule has 0 saturated heterocycles. The molecular weight excluding hydrogens is 1660 g/mol. The number of Topliss-reactive ketones (excluding diaryl/α,β-unsaturated/α-hetero) is 6. The van der Waals surface area contributed by atoms with Crippen molar-refractivity contribution in [1.29, 1.82) is 0 Å². The van der Waals surface area contributed by atoms with Gasteiger partial charge in [-0.3, -0.25) is 28.8 Å². The first-order valence-electron chi connectivity index (χ1n) is 32.5. The maximum absolute atomic E-state index is 13.4. The summed E-state index contributed by atoms with van der Waals surface area (Å²) in [6, 6.07) is 8.85. The number of benzene rings is 3. The second-order valence-corrected chi connectivity index (χ2v) is 32.7. The molecule has 108 heavy (non-hydrogen) atoms. The quantitative estimate of drug-likeness (QED) is 0.110. The summed E-state index contributed by atoms with van der Waals surface area (Å²) in [5.41, 5.74) is 24.8. The number of thiophene rings is 3. The smallest absolute Gasteiger partial charge is 0.193 e. The molecule has 0 amide bonds. The van der Waals surface area contributed by atoms with Crippen LogP contribution in [0, 0.1) is 58.0 Å². The highest BCUT2D eigenvalue weighted by molar-refractivity contribution is 9.13. The van der Waals surface area contributed by atoms with Crippen LogP contribution in [0.3, 0.4) is 0 Å². The maximum Gasteiger partial charge on any atom is 0.193 e. The van der Waals surface area contributed by atoms with Crippen LogP contribution in [0.4, 0.5) is 8.78 Å². The molecule has 0 fully saturated rings. The van der Waals surface area contributed by atoms with Crippen LogP contribution in [-0.2, 0) is 0 Å². The molecule has 6 aromatic rings. The monoisotopic (exact) mass is 1720 g/mol. The van der Waals surface area contributed by atoms with Gasteiger partial charge in [-0.25, -0.2) is 37.9 Å². The zero-order valence-electron chi connectivity index (χ0n) is 61.8. The van der Waals surface area contributed by atoms with Crippen molar-refractivity contribution in [1.82, 2.24) is 0 Å². The Kier molecular flexibility index (Phi) is 28.9. The number of nitrogens with zero attached hydrogens (tertiary/aromatic N) is 6. The van der Waals surface area contributed by atoms with Crippen molar-refractivity contribution in [3.63, 3.8) is 0 Å². The number of ketones is 6. The molecule has 12 rings (SSSR count). The van der Waals surface area contributed by atoms with E-state index in [0.717, 1.165) is 130 Å². The Labute approximate surface area is 677 Å². The molecular formula is C86H71Br3Cl2F2N6O6S3. The Bertz CT molecular complexity index is 5350. The summed E-state index contributed by atoms with van der Waals surface area (Å²) in [7, 11) is 0. The highest BCUT2D eigenvalue weighted by Gasteiger charge is 2.39. The molecule has 12 nitrogen and oxygen atoms in total. The van der Waals surface area contributed by atoms with Crippen molar-refractivity contribution in [3.8, 4) is 0 Å². The molecule has 0 spiro atoms. The van der Waals surface area contributed by atoms with Gasteiger partial charge in [0.2, 0.25) is 0 Å². The van der Waals surface area contributed by atoms with Crippen molar-refractivity contribution >= 4 is 173 Å². The Morgan fingerprint density at radius 1 is 0.324 bits per heavy atom. The zero-order chi connectivity index (χ0) is 80.3. The Morgan fingerprint density at radius 2 is 0.574 bits per heavy atom. The second-order valence-electron chi connectivity index (χ2n) is 26.2. The topological polar surface area (TPSA) is 129 Å². The second kappa shape index (κ2) is 35.7. The van der Waals surface area contributed by atoms with E-state index >= 15 is 0 Å². The molecule has 0 radical (unpaired) electrons. The fourth-order valence-corrected chi connectivity index (χ4v) is 17.0. The number of rotatable bonds is 0. The van der Waals surface area contributed by atoms with E-state index in [2.05, 4.69) is 76.9 Å². The standard InChI is InChI=1S/C15H11Br2NO.C15H11Cl2NO.C15H11F2NO.C14H13NOS.C13H10BrNOS.C13H11NOS.CH4/c3*1-7(2)13-14(8(3)18-4)9-5-11(16)12(17)6-10(9)15(13)19;1-7(2)11-12(8(3)15-5)13-9(4)17-6-10(13)14(11)16;1-6(2)9-10(7(3)15-4)11-8(12(9)16)5-17-13(11)14;1-7(2)11-12(8(3)14-4)9-5-16-6-10(9)13(11)15;/h3*5-6H,1-3H3;6H,1-4H3;5H,1-3H3;5-6H,1-3H3;1H4/b3*14-8+;12-8-;10-7-;12-8+;. The lowest BCUT2D eigenvalue weighted by molar-refractivity contribution is 0.103. The molecule has 0 aliphatic heterocycles. The summed E-state index contributed by atoms with van der Waals surface area (Å²) < 4.78 is 29.3. The van der Waals surface area contributed by atoms with Gasteiger partial charge in [-0.1, -0.05) is 64.1 Å².